The molecule has 0 saturated carbocycles. The van der Waals surface area contributed by atoms with E-state index < -0.39 is 0 Å². The van der Waals surface area contributed by atoms with Crippen molar-refractivity contribution in [1.82, 2.24) is 4.57 Å². The third-order valence-corrected chi connectivity index (χ3v) is 4.29. The van der Waals surface area contributed by atoms with Crippen molar-refractivity contribution in [3.8, 4) is 0 Å². The minimum absolute atomic E-state index is 0. The number of aromatic nitrogens is 2. The normalized spacial score (nSPS) is 10.6. The van der Waals surface area contributed by atoms with E-state index in [1.165, 1.54) is 90.1 Å². The van der Waals surface area contributed by atoms with Crippen molar-refractivity contribution < 1.29 is 21.5 Å². The van der Waals surface area contributed by atoms with Crippen LogP contribution in [-0.4, -0.2) is 4.57 Å². The number of unbranched alkanes of at least 4 members (excludes halogenated alkanes) is 10. The smallest absolute Gasteiger partial charge is 0.243 e. The summed E-state index contributed by atoms with van der Waals surface area (Å²) in [6, 6.07) is 0. The maximum Gasteiger partial charge on any atom is 0.243 e. The molecule has 3 heteroatoms. The van der Waals surface area contributed by atoms with Gasteiger partial charge in [-0.2, -0.15) is 0 Å². The first-order valence-electron chi connectivity index (χ1n) is 9.41. The molecule has 0 atom stereocenters. The Kier molecular flexibility index (Phi) is 15.4. The van der Waals surface area contributed by atoms with Gasteiger partial charge in [-0.25, -0.2) is 9.13 Å². The number of hydrogen-bond donors (Lipinski definition) is 0. The quantitative estimate of drug-likeness (QED) is 0.350. The van der Waals surface area contributed by atoms with Crippen LogP contribution in [0.2, 0.25) is 0 Å². The Bertz CT molecular complexity index is 305. The summed E-state index contributed by atoms with van der Waals surface area (Å²) in [7, 11) is 0. The summed E-state index contributed by atoms with van der Waals surface area (Å²) in [5.74, 6) is 0. The third kappa shape index (κ3) is 11.3. The summed E-state index contributed by atoms with van der Waals surface area (Å²) in [5.41, 5.74) is 0. The summed E-state index contributed by atoms with van der Waals surface area (Å²) in [6.45, 7) is 6.94. The lowest BCUT2D eigenvalue weighted by atomic mass is 10.1. The fraction of sp³-hybridized carbons (Fsp3) is 0.842. The van der Waals surface area contributed by atoms with Crippen LogP contribution in [0.1, 0.15) is 90.9 Å². The van der Waals surface area contributed by atoms with Gasteiger partial charge in [-0.05, 0) is 25.7 Å². The van der Waals surface area contributed by atoms with Gasteiger partial charge in [-0.3, -0.25) is 0 Å². The van der Waals surface area contributed by atoms with Crippen molar-refractivity contribution in [2.24, 2.45) is 0 Å². The lowest BCUT2D eigenvalue weighted by molar-refractivity contribution is -0.696. The minimum atomic E-state index is 0. The van der Waals surface area contributed by atoms with Gasteiger partial charge < -0.3 is 17.0 Å². The molecule has 0 amide bonds. The van der Waals surface area contributed by atoms with Crippen LogP contribution in [-0.2, 0) is 13.1 Å². The Morgan fingerprint density at radius 1 is 0.727 bits per heavy atom. The Balaban J connectivity index is 0.00000441. The first kappa shape index (κ1) is 21.7. The average Bonchev–Trinajstić information content (AvgIpc) is 2.94. The number of imidazole rings is 1. The number of halogens is 1. The van der Waals surface area contributed by atoms with Crippen molar-refractivity contribution in [2.75, 3.05) is 0 Å². The lowest BCUT2D eigenvalue weighted by Gasteiger charge is -1.99. The third-order valence-electron chi connectivity index (χ3n) is 4.29. The van der Waals surface area contributed by atoms with Crippen LogP contribution in [0.3, 0.4) is 0 Å². The van der Waals surface area contributed by atoms with Gasteiger partial charge in [-0.15, -0.1) is 0 Å². The zero-order valence-electron chi connectivity index (χ0n) is 14.9. The fourth-order valence-electron chi connectivity index (χ4n) is 2.85. The van der Waals surface area contributed by atoms with E-state index in [4.69, 9.17) is 0 Å². The van der Waals surface area contributed by atoms with Crippen LogP contribution in [0, 0.1) is 0 Å². The topological polar surface area (TPSA) is 8.81 Å². The zero-order chi connectivity index (χ0) is 15.2. The molecular weight excluding hydrogens is 336 g/mol. The zero-order valence-corrected chi connectivity index (χ0v) is 16.5. The molecule has 22 heavy (non-hydrogen) atoms. The molecule has 0 aliphatic carbocycles. The highest BCUT2D eigenvalue weighted by Crippen LogP contribution is 2.06. The Labute approximate surface area is 149 Å². The second kappa shape index (κ2) is 15.6. The van der Waals surface area contributed by atoms with Crippen LogP contribution < -0.4 is 21.5 Å². The van der Waals surface area contributed by atoms with Crippen LogP contribution in [0.15, 0.2) is 18.7 Å². The summed E-state index contributed by atoms with van der Waals surface area (Å²) < 4.78 is 4.72. The Hall–Kier alpha value is -0.310. The fourth-order valence-corrected chi connectivity index (χ4v) is 2.85. The molecule has 0 fully saturated rings. The van der Waals surface area contributed by atoms with Gasteiger partial charge in [0.25, 0.3) is 0 Å². The van der Waals surface area contributed by atoms with E-state index in [0.717, 1.165) is 0 Å². The van der Waals surface area contributed by atoms with E-state index >= 15 is 0 Å². The van der Waals surface area contributed by atoms with Crippen LogP contribution in [0.25, 0.3) is 0 Å². The lowest BCUT2D eigenvalue weighted by Crippen LogP contribution is -3.00. The molecule has 2 nitrogen and oxygen atoms in total. The number of aryl methyl sites for hydroxylation is 2. The second-order valence-corrected chi connectivity index (χ2v) is 6.42. The van der Waals surface area contributed by atoms with Gasteiger partial charge in [0, 0.05) is 0 Å². The van der Waals surface area contributed by atoms with Crippen molar-refractivity contribution in [3.05, 3.63) is 18.7 Å². The molecule has 0 bridgehead atoms. The van der Waals surface area contributed by atoms with Crippen LogP contribution in [0.5, 0.6) is 0 Å². The molecule has 0 aromatic carbocycles. The van der Waals surface area contributed by atoms with E-state index in [-0.39, 0.29) is 17.0 Å². The molecule has 0 saturated heterocycles. The molecule has 0 spiro atoms. The van der Waals surface area contributed by atoms with E-state index in [2.05, 4.69) is 41.7 Å². The SMILES string of the molecule is CCCCCCCCn1cc[n+](CCCCCCCC)c1.[Br-]. The molecule has 1 aromatic rings. The molecule has 0 radical (unpaired) electrons. The van der Waals surface area contributed by atoms with Crippen LogP contribution >= 0.6 is 0 Å². The molecule has 0 aliphatic rings. The number of rotatable bonds is 14. The van der Waals surface area contributed by atoms with Crippen molar-refractivity contribution in [2.45, 2.75) is 104 Å². The average molecular weight is 373 g/mol. The van der Waals surface area contributed by atoms with Crippen molar-refractivity contribution in [3.63, 3.8) is 0 Å². The highest BCUT2D eigenvalue weighted by atomic mass is 79.9. The van der Waals surface area contributed by atoms with Gasteiger partial charge in [0.05, 0.1) is 13.1 Å². The highest BCUT2D eigenvalue weighted by Gasteiger charge is 2.03. The molecule has 0 unspecified atom stereocenters. The molecular formula is C19H37BrN2. The predicted molar refractivity (Wildman–Crippen MR) is 91.4 cm³/mol. The predicted octanol–water partition coefficient (Wildman–Crippen LogP) is 2.50. The van der Waals surface area contributed by atoms with E-state index in [1.54, 1.807) is 0 Å². The van der Waals surface area contributed by atoms with Gasteiger partial charge in [0.15, 0.2) is 0 Å². The molecule has 130 valence electrons. The van der Waals surface area contributed by atoms with Crippen molar-refractivity contribution >= 4 is 0 Å². The largest absolute Gasteiger partial charge is 1.00 e. The highest BCUT2D eigenvalue weighted by molar-refractivity contribution is 4.66. The molecule has 0 aliphatic heterocycles. The van der Waals surface area contributed by atoms with Gasteiger partial charge >= 0.3 is 0 Å². The summed E-state index contributed by atoms with van der Waals surface area (Å²) in [4.78, 5) is 0. The maximum absolute atomic E-state index is 2.36. The minimum Gasteiger partial charge on any atom is -1.00 e. The first-order valence-corrected chi connectivity index (χ1v) is 9.41. The van der Waals surface area contributed by atoms with Crippen molar-refractivity contribution in [1.29, 1.82) is 0 Å². The van der Waals surface area contributed by atoms with E-state index in [1.807, 2.05) is 0 Å². The standard InChI is InChI=1S/C19H37N2.BrH/c1-3-5-7-9-11-13-15-20-17-18-21(19-20)16-14-12-10-8-6-4-2;/h17-19H,3-16H2,1-2H3;1H/q+1;/p-1. The number of nitrogens with zero attached hydrogens (tertiary/aromatic N) is 2. The number of hydrogen-bond acceptors (Lipinski definition) is 0. The van der Waals surface area contributed by atoms with E-state index in [0.29, 0.717) is 0 Å². The molecule has 1 heterocycles. The Morgan fingerprint density at radius 3 is 1.91 bits per heavy atom. The summed E-state index contributed by atoms with van der Waals surface area (Å²) in [6.07, 6.45) is 23.3. The van der Waals surface area contributed by atoms with Crippen LogP contribution in [0.4, 0.5) is 0 Å². The van der Waals surface area contributed by atoms with Gasteiger partial charge in [0.2, 0.25) is 6.33 Å². The van der Waals surface area contributed by atoms with E-state index in [9.17, 15) is 0 Å². The summed E-state index contributed by atoms with van der Waals surface area (Å²) in [5, 5.41) is 0. The molecule has 0 N–H and O–H groups in total. The van der Waals surface area contributed by atoms with Gasteiger partial charge in [-0.1, -0.05) is 65.2 Å². The second-order valence-electron chi connectivity index (χ2n) is 6.42. The maximum atomic E-state index is 2.36. The Morgan fingerprint density at radius 2 is 1.27 bits per heavy atom. The molecule has 1 aromatic heterocycles. The van der Waals surface area contributed by atoms with Gasteiger partial charge in [0.1, 0.15) is 12.4 Å². The molecule has 1 rings (SSSR count). The summed E-state index contributed by atoms with van der Waals surface area (Å²) >= 11 is 0. The first-order chi connectivity index (χ1) is 10.4. The monoisotopic (exact) mass is 372 g/mol.